The molecule has 3 heteroatoms. The first kappa shape index (κ1) is 14.5. The second-order valence-corrected chi connectivity index (χ2v) is 4.78. The van der Waals surface area contributed by atoms with Gasteiger partial charge < -0.3 is 9.47 Å². The molecule has 1 unspecified atom stereocenters. The Morgan fingerprint density at radius 1 is 0.850 bits per heavy atom. The molecule has 104 valence electrons. The maximum atomic E-state index is 6.36. The van der Waals surface area contributed by atoms with E-state index < -0.39 is 0 Å². The number of hydrogen-bond donors (Lipinski definition) is 0. The zero-order valence-electron chi connectivity index (χ0n) is 11.5. The summed E-state index contributed by atoms with van der Waals surface area (Å²) >= 11 is 6.36. The molecule has 0 aromatic heterocycles. The second kappa shape index (κ2) is 7.01. The van der Waals surface area contributed by atoms with Crippen LogP contribution in [0.4, 0.5) is 0 Å². The summed E-state index contributed by atoms with van der Waals surface area (Å²) in [7, 11) is 3.31. The van der Waals surface area contributed by atoms with Gasteiger partial charge in [0.1, 0.15) is 11.5 Å². The number of rotatable bonds is 5. The lowest BCUT2D eigenvalue weighted by Gasteiger charge is -2.06. The van der Waals surface area contributed by atoms with Gasteiger partial charge in [-0.3, -0.25) is 0 Å². The van der Waals surface area contributed by atoms with Crippen LogP contribution in [0.15, 0.2) is 54.6 Å². The maximum absolute atomic E-state index is 6.36. The molecule has 2 nitrogen and oxygen atoms in total. The molecule has 20 heavy (non-hydrogen) atoms. The van der Waals surface area contributed by atoms with Gasteiger partial charge in [0, 0.05) is 0 Å². The summed E-state index contributed by atoms with van der Waals surface area (Å²) in [6, 6.07) is 15.6. The molecule has 0 aliphatic heterocycles. The van der Waals surface area contributed by atoms with Crippen molar-refractivity contribution in [2.75, 3.05) is 14.2 Å². The molecule has 0 amide bonds. The average Bonchev–Trinajstić information content (AvgIpc) is 2.53. The Morgan fingerprint density at radius 3 is 1.85 bits per heavy atom. The highest BCUT2D eigenvalue weighted by atomic mass is 35.5. The van der Waals surface area contributed by atoms with E-state index in [4.69, 9.17) is 21.1 Å². The highest BCUT2D eigenvalue weighted by molar-refractivity contribution is 6.22. The number of alkyl halides is 1. The molecule has 2 aromatic rings. The normalized spacial score (nSPS) is 12.3. The van der Waals surface area contributed by atoms with E-state index in [-0.39, 0.29) is 5.38 Å². The van der Waals surface area contributed by atoms with E-state index in [1.807, 2.05) is 60.7 Å². The SMILES string of the molecule is COc1ccc(/C=C/C(Cl)c2ccc(OC)cc2)cc1. The Balaban J connectivity index is 2.04. The summed E-state index contributed by atoms with van der Waals surface area (Å²) in [4.78, 5) is 0. The predicted octanol–water partition coefficient (Wildman–Crippen LogP) is 4.70. The Labute approximate surface area is 124 Å². The molecule has 0 aliphatic rings. The van der Waals surface area contributed by atoms with Crippen molar-refractivity contribution < 1.29 is 9.47 Å². The maximum Gasteiger partial charge on any atom is 0.118 e. The van der Waals surface area contributed by atoms with E-state index in [2.05, 4.69) is 0 Å². The van der Waals surface area contributed by atoms with Crippen LogP contribution in [-0.4, -0.2) is 14.2 Å². The predicted molar refractivity (Wildman–Crippen MR) is 83.6 cm³/mol. The molecule has 2 rings (SSSR count). The summed E-state index contributed by atoms with van der Waals surface area (Å²) in [5.74, 6) is 1.68. The fourth-order valence-corrected chi connectivity index (χ4v) is 2.03. The minimum Gasteiger partial charge on any atom is -0.497 e. The van der Waals surface area contributed by atoms with Gasteiger partial charge in [-0.05, 0) is 35.4 Å². The quantitative estimate of drug-likeness (QED) is 0.743. The molecule has 0 bridgehead atoms. The zero-order valence-corrected chi connectivity index (χ0v) is 12.3. The molecular weight excluding hydrogens is 272 g/mol. The van der Waals surface area contributed by atoms with E-state index >= 15 is 0 Å². The first-order chi connectivity index (χ1) is 9.72. The van der Waals surface area contributed by atoms with Crippen LogP contribution < -0.4 is 9.47 Å². The van der Waals surface area contributed by atoms with E-state index in [9.17, 15) is 0 Å². The summed E-state index contributed by atoms with van der Waals surface area (Å²) in [6.07, 6.45) is 3.96. The van der Waals surface area contributed by atoms with E-state index in [1.54, 1.807) is 14.2 Å². The second-order valence-electron chi connectivity index (χ2n) is 4.31. The van der Waals surface area contributed by atoms with Gasteiger partial charge in [-0.2, -0.15) is 0 Å². The molecule has 0 aliphatic carbocycles. The van der Waals surface area contributed by atoms with Crippen LogP contribution in [0.3, 0.4) is 0 Å². The van der Waals surface area contributed by atoms with Crippen LogP contribution in [0.25, 0.3) is 6.08 Å². The lowest BCUT2D eigenvalue weighted by Crippen LogP contribution is -1.87. The van der Waals surface area contributed by atoms with Crippen LogP contribution in [0.2, 0.25) is 0 Å². The van der Waals surface area contributed by atoms with Crippen LogP contribution in [0.1, 0.15) is 16.5 Å². The van der Waals surface area contributed by atoms with E-state index in [0.29, 0.717) is 0 Å². The smallest absolute Gasteiger partial charge is 0.118 e. The van der Waals surface area contributed by atoms with Crippen molar-refractivity contribution in [1.29, 1.82) is 0 Å². The molecule has 0 radical (unpaired) electrons. The van der Waals surface area contributed by atoms with Crippen LogP contribution >= 0.6 is 11.6 Å². The number of benzene rings is 2. The van der Waals surface area contributed by atoms with Gasteiger partial charge in [-0.25, -0.2) is 0 Å². The van der Waals surface area contributed by atoms with Crippen molar-refractivity contribution in [3.63, 3.8) is 0 Å². The Hall–Kier alpha value is -1.93. The first-order valence-electron chi connectivity index (χ1n) is 6.33. The Morgan fingerprint density at radius 2 is 1.35 bits per heavy atom. The van der Waals surface area contributed by atoms with Crippen molar-refractivity contribution in [2.24, 2.45) is 0 Å². The molecule has 0 fully saturated rings. The molecule has 2 aromatic carbocycles. The van der Waals surface area contributed by atoms with Gasteiger partial charge >= 0.3 is 0 Å². The minimum atomic E-state index is -0.164. The molecule has 0 saturated carbocycles. The Kier molecular flexibility index (Phi) is 5.08. The van der Waals surface area contributed by atoms with Gasteiger partial charge in [-0.15, -0.1) is 11.6 Å². The lowest BCUT2D eigenvalue weighted by atomic mass is 10.1. The molecule has 0 N–H and O–H groups in total. The number of allylic oxidation sites excluding steroid dienone is 1. The van der Waals surface area contributed by atoms with Crippen LogP contribution in [0, 0.1) is 0 Å². The highest BCUT2D eigenvalue weighted by Crippen LogP contribution is 2.25. The summed E-state index contributed by atoms with van der Waals surface area (Å²) in [6.45, 7) is 0. The lowest BCUT2D eigenvalue weighted by molar-refractivity contribution is 0.414. The van der Waals surface area contributed by atoms with E-state index in [1.165, 1.54) is 0 Å². The number of ether oxygens (including phenoxy) is 2. The first-order valence-corrected chi connectivity index (χ1v) is 6.77. The average molecular weight is 289 g/mol. The minimum absolute atomic E-state index is 0.164. The topological polar surface area (TPSA) is 18.5 Å². The highest BCUT2D eigenvalue weighted by Gasteiger charge is 2.03. The third-order valence-electron chi connectivity index (χ3n) is 3.01. The van der Waals surface area contributed by atoms with E-state index in [0.717, 1.165) is 22.6 Å². The van der Waals surface area contributed by atoms with Crippen LogP contribution in [-0.2, 0) is 0 Å². The largest absolute Gasteiger partial charge is 0.497 e. The third-order valence-corrected chi connectivity index (χ3v) is 3.41. The molecular formula is C17H17ClO2. The molecule has 0 spiro atoms. The molecule has 1 atom stereocenters. The van der Waals surface area contributed by atoms with Crippen LogP contribution in [0.5, 0.6) is 11.5 Å². The molecule has 0 heterocycles. The van der Waals surface area contributed by atoms with Gasteiger partial charge in [0.2, 0.25) is 0 Å². The number of halogens is 1. The van der Waals surface area contributed by atoms with Gasteiger partial charge in [0.05, 0.1) is 19.6 Å². The van der Waals surface area contributed by atoms with Crippen molar-refractivity contribution in [1.82, 2.24) is 0 Å². The standard InChI is InChI=1S/C17H17ClO2/c1-19-15-8-3-13(4-9-15)5-12-17(18)14-6-10-16(20-2)11-7-14/h3-12,17H,1-2H3/b12-5+. The summed E-state index contributed by atoms with van der Waals surface area (Å²) < 4.78 is 10.3. The van der Waals surface area contributed by atoms with Gasteiger partial charge in [-0.1, -0.05) is 36.4 Å². The van der Waals surface area contributed by atoms with Crippen molar-refractivity contribution in [2.45, 2.75) is 5.38 Å². The summed E-state index contributed by atoms with van der Waals surface area (Å²) in [5.41, 5.74) is 2.13. The summed E-state index contributed by atoms with van der Waals surface area (Å²) in [5, 5.41) is -0.164. The third kappa shape index (κ3) is 3.78. The molecule has 0 saturated heterocycles. The monoisotopic (exact) mass is 288 g/mol. The Bertz CT molecular complexity index is 559. The fourth-order valence-electron chi connectivity index (χ4n) is 1.81. The van der Waals surface area contributed by atoms with Gasteiger partial charge in [0.25, 0.3) is 0 Å². The fraction of sp³-hybridized carbons (Fsp3) is 0.176. The van der Waals surface area contributed by atoms with Crippen molar-refractivity contribution in [3.8, 4) is 11.5 Å². The van der Waals surface area contributed by atoms with Crippen molar-refractivity contribution in [3.05, 3.63) is 65.7 Å². The van der Waals surface area contributed by atoms with Gasteiger partial charge in [0.15, 0.2) is 0 Å². The zero-order chi connectivity index (χ0) is 14.4. The van der Waals surface area contributed by atoms with Crippen molar-refractivity contribution >= 4 is 17.7 Å². The number of hydrogen-bond acceptors (Lipinski definition) is 2. The number of methoxy groups -OCH3 is 2.